The number of nitrogens with zero attached hydrogens (tertiary/aromatic N) is 1. The van der Waals surface area contributed by atoms with E-state index in [0.29, 0.717) is 24.3 Å². The van der Waals surface area contributed by atoms with Gasteiger partial charge in [-0.25, -0.2) is 9.59 Å². The number of nitrogens with one attached hydrogen (secondary N) is 2. The van der Waals surface area contributed by atoms with Crippen molar-refractivity contribution in [3.63, 3.8) is 0 Å². The Morgan fingerprint density at radius 1 is 1.26 bits per heavy atom. The second-order valence-electron chi connectivity index (χ2n) is 8.17. The molecule has 1 aromatic carbocycles. The molecule has 0 saturated carbocycles. The molecule has 0 bridgehead atoms. The number of esters is 1. The predicted molar refractivity (Wildman–Crippen MR) is 124 cm³/mol. The molecule has 2 amide bonds. The average Bonchev–Trinajstić information content (AvgIpc) is 3.21. The highest BCUT2D eigenvalue weighted by Crippen LogP contribution is 2.44. The summed E-state index contributed by atoms with van der Waals surface area (Å²) < 4.78 is 5.47. The van der Waals surface area contributed by atoms with Crippen LogP contribution in [0.2, 0.25) is 0 Å². The largest absolute Gasteiger partial charge is 0.481 e. The van der Waals surface area contributed by atoms with E-state index in [1.807, 2.05) is 6.92 Å². The van der Waals surface area contributed by atoms with E-state index in [1.165, 1.54) is 16.7 Å². The lowest BCUT2D eigenvalue weighted by atomic mass is 9.93. The molecule has 2 unspecified atom stereocenters. The quantitative estimate of drug-likeness (QED) is 0.156. The molecule has 0 radical (unpaired) electrons. The Balaban J connectivity index is 1.59. The zero-order valence-electron chi connectivity index (χ0n) is 18.4. The van der Waals surface area contributed by atoms with Gasteiger partial charge in [-0.3, -0.25) is 15.0 Å². The first-order chi connectivity index (χ1) is 16.0. The maximum atomic E-state index is 12.7. The number of carboxylic acids is 2. The number of nitrogens with two attached hydrogens (primary N) is 1. The molecule has 2 aliphatic rings. The fourth-order valence-electron chi connectivity index (χ4n) is 3.83. The van der Waals surface area contributed by atoms with E-state index < -0.39 is 35.2 Å². The highest BCUT2D eigenvalue weighted by atomic mass is 32.2. The number of aliphatic carboxylic acids is 2. The third kappa shape index (κ3) is 6.07. The van der Waals surface area contributed by atoms with Crippen molar-refractivity contribution >= 4 is 41.5 Å². The second-order valence-corrected chi connectivity index (χ2v) is 9.47. The standard InChI is InChI=1S/C22H26N4O7S/c1-11-9-26(22(32)25-15(20(29)30)6-7-18(27)28)10-17-14(11)8-16(34-17)21(31)33-13-4-2-12(3-5-13)19(23)24/h2-5,11,15-16H,6-10H2,1H3,(H3,23,24)(H,25,32)(H,27,28)(H,29,30)/t11?,15-,16?/m0/s1. The summed E-state index contributed by atoms with van der Waals surface area (Å²) in [5.41, 5.74) is 7.02. The Kier molecular flexibility index (Phi) is 7.82. The summed E-state index contributed by atoms with van der Waals surface area (Å²) >= 11 is 1.33. The van der Waals surface area contributed by atoms with Gasteiger partial charge in [0.25, 0.3) is 0 Å². The van der Waals surface area contributed by atoms with E-state index >= 15 is 0 Å². The smallest absolute Gasteiger partial charge is 0.326 e. The topological polar surface area (TPSA) is 183 Å². The van der Waals surface area contributed by atoms with Crippen molar-refractivity contribution in [2.45, 2.75) is 37.5 Å². The summed E-state index contributed by atoms with van der Waals surface area (Å²) in [6, 6.07) is 4.43. The van der Waals surface area contributed by atoms with Gasteiger partial charge in [-0.15, -0.1) is 11.8 Å². The first-order valence-corrected chi connectivity index (χ1v) is 11.5. The number of amidine groups is 1. The number of carbonyl (C=O) groups excluding carboxylic acids is 2. The molecule has 0 fully saturated rings. The zero-order chi connectivity index (χ0) is 25.0. The number of amides is 2. The lowest BCUT2D eigenvalue weighted by Crippen LogP contribution is -2.50. The van der Waals surface area contributed by atoms with Crippen molar-refractivity contribution in [3.8, 4) is 5.75 Å². The maximum absolute atomic E-state index is 12.7. The molecule has 1 aromatic rings. The first-order valence-electron chi connectivity index (χ1n) is 10.6. The van der Waals surface area contributed by atoms with E-state index in [1.54, 1.807) is 24.3 Å². The fraction of sp³-hybridized carbons (Fsp3) is 0.409. The Morgan fingerprint density at radius 3 is 2.53 bits per heavy atom. The molecule has 182 valence electrons. The molecular formula is C22H26N4O7S. The van der Waals surface area contributed by atoms with Crippen molar-refractivity contribution in [1.29, 1.82) is 5.41 Å². The molecule has 11 nitrogen and oxygen atoms in total. The molecule has 34 heavy (non-hydrogen) atoms. The Morgan fingerprint density at radius 2 is 1.94 bits per heavy atom. The van der Waals surface area contributed by atoms with E-state index in [-0.39, 0.29) is 31.1 Å². The highest BCUT2D eigenvalue weighted by molar-refractivity contribution is 8.04. The summed E-state index contributed by atoms with van der Waals surface area (Å²) in [6.07, 6.45) is -0.0960. The molecule has 0 aliphatic carbocycles. The molecule has 3 rings (SSSR count). The average molecular weight is 491 g/mol. The summed E-state index contributed by atoms with van der Waals surface area (Å²) in [4.78, 5) is 49.9. The SMILES string of the molecule is CC1CN(C(=O)N[C@@H](CCC(=O)O)C(=O)O)CC2=C1CC(C(=O)Oc1ccc(C(=N)N)cc1)S2. The zero-order valence-corrected chi connectivity index (χ0v) is 19.3. The van der Waals surface area contributed by atoms with Crippen LogP contribution >= 0.6 is 11.8 Å². The molecule has 6 N–H and O–H groups in total. The lowest BCUT2D eigenvalue weighted by molar-refractivity contribution is -0.140. The van der Waals surface area contributed by atoms with Gasteiger partial charge in [-0.2, -0.15) is 0 Å². The minimum Gasteiger partial charge on any atom is -0.481 e. The third-order valence-electron chi connectivity index (χ3n) is 5.65. The number of ether oxygens (including phenoxy) is 1. The Hall–Kier alpha value is -3.54. The van der Waals surface area contributed by atoms with Crippen molar-refractivity contribution in [2.75, 3.05) is 13.1 Å². The summed E-state index contributed by atoms with van der Waals surface area (Å²) in [7, 11) is 0. The van der Waals surface area contributed by atoms with Gasteiger partial charge in [-0.05, 0) is 43.0 Å². The number of nitrogen functional groups attached to an aromatic ring is 1. The van der Waals surface area contributed by atoms with Crippen LogP contribution in [0, 0.1) is 11.3 Å². The van der Waals surface area contributed by atoms with Gasteiger partial charge in [0.2, 0.25) is 0 Å². The van der Waals surface area contributed by atoms with Gasteiger partial charge in [0, 0.05) is 23.4 Å². The minimum atomic E-state index is -1.30. The summed E-state index contributed by atoms with van der Waals surface area (Å²) in [5.74, 6) is -2.63. The lowest BCUT2D eigenvalue weighted by Gasteiger charge is -2.33. The molecule has 0 saturated heterocycles. The normalized spacial score (nSPS) is 20.3. The number of thioether (sulfide) groups is 1. The van der Waals surface area contributed by atoms with Crippen LogP contribution in [0.1, 0.15) is 31.7 Å². The van der Waals surface area contributed by atoms with Crippen LogP contribution in [0.5, 0.6) is 5.75 Å². The molecule has 0 spiro atoms. The van der Waals surface area contributed by atoms with Crippen molar-refractivity contribution in [1.82, 2.24) is 10.2 Å². The number of rotatable bonds is 8. The Labute approximate surface area is 199 Å². The monoisotopic (exact) mass is 490 g/mol. The molecule has 0 aromatic heterocycles. The number of hydrogen-bond acceptors (Lipinski definition) is 7. The van der Waals surface area contributed by atoms with Crippen molar-refractivity contribution < 1.29 is 34.1 Å². The summed E-state index contributed by atoms with van der Waals surface area (Å²) in [6.45, 7) is 2.52. The first kappa shape index (κ1) is 25.1. The maximum Gasteiger partial charge on any atom is 0.326 e. The number of hydrogen-bond donors (Lipinski definition) is 5. The van der Waals surface area contributed by atoms with Gasteiger partial charge in [0.05, 0.1) is 6.54 Å². The van der Waals surface area contributed by atoms with E-state index in [9.17, 15) is 24.3 Å². The van der Waals surface area contributed by atoms with E-state index in [4.69, 9.17) is 21.0 Å². The van der Waals surface area contributed by atoms with Gasteiger partial charge >= 0.3 is 23.9 Å². The highest BCUT2D eigenvalue weighted by Gasteiger charge is 2.39. The number of benzene rings is 1. The number of carbonyl (C=O) groups is 4. The van der Waals surface area contributed by atoms with E-state index in [0.717, 1.165) is 10.5 Å². The fourth-order valence-corrected chi connectivity index (χ4v) is 5.25. The second kappa shape index (κ2) is 10.6. The van der Waals surface area contributed by atoms with Crippen LogP contribution in [0.3, 0.4) is 0 Å². The van der Waals surface area contributed by atoms with Crippen LogP contribution < -0.4 is 15.8 Å². The molecule has 2 heterocycles. The van der Waals surface area contributed by atoms with Crippen LogP contribution in [0.4, 0.5) is 4.79 Å². The van der Waals surface area contributed by atoms with Crippen LogP contribution in [0.15, 0.2) is 34.7 Å². The molecule has 12 heteroatoms. The number of carboxylic acid groups (broad SMARTS) is 2. The van der Waals surface area contributed by atoms with Crippen molar-refractivity contribution in [2.24, 2.45) is 11.7 Å². The van der Waals surface area contributed by atoms with Crippen LogP contribution in [-0.2, 0) is 14.4 Å². The van der Waals surface area contributed by atoms with Crippen molar-refractivity contribution in [3.05, 3.63) is 40.3 Å². The molecule has 3 atom stereocenters. The van der Waals surface area contributed by atoms with Crippen LogP contribution in [0.25, 0.3) is 0 Å². The third-order valence-corrected chi connectivity index (χ3v) is 6.97. The van der Waals surface area contributed by atoms with E-state index in [2.05, 4.69) is 5.32 Å². The molecular weight excluding hydrogens is 464 g/mol. The predicted octanol–water partition coefficient (Wildman–Crippen LogP) is 1.61. The van der Waals surface area contributed by atoms with Gasteiger partial charge in [-0.1, -0.05) is 12.5 Å². The van der Waals surface area contributed by atoms with Gasteiger partial charge in [0.1, 0.15) is 22.9 Å². The summed E-state index contributed by atoms with van der Waals surface area (Å²) in [5, 5.41) is 27.4. The molecule has 2 aliphatic heterocycles. The van der Waals surface area contributed by atoms with Crippen LogP contribution in [-0.4, -0.2) is 69.3 Å². The van der Waals surface area contributed by atoms with Gasteiger partial charge < -0.3 is 30.9 Å². The van der Waals surface area contributed by atoms with Gasteiger partial charge in [0.15, 0.2) is 0 Å². The minimum absolute atomic E-state index is 0.0306. The Bertz CT molecular complexity index is 1040. The number of urea groups is 1.